The predicted molar refractivity (Wildman–Crippen MR) is 82.5 cm³/mol. The van der Waals surface area contributed by atoms with Crippen LogP contribution in [0, 0.1) is 0 Å². The average Bonchev–Trinajstić information content (AvgIpc) is 2.41. The van der Waals surface area contributed by atoms with Crippen molar-refractivity contribution >= 4 is 17.5 Å². The van der Waals surface area contributed by atoms with Crippen LogP contribution in [0.15, 0.2) is 24.3 Å². The van der Waals surface area contributed by atoms with Crippen LogP contribution in [0.5, 0.6) is 0 Å². The SMILES string of the molecule is CN(Cc1ccccc1Cl)C(=O)CC1(N)CCCCC1. The van der Waals surface area contributed by atoms with Crippen molar-refractivity contribution in [3.8, 4) is 0 Å². The molecular formula is C16H23ClN2O. The molecule has 2 rings (SSSR count). The Hall–Kier alpha value is -1.06. The van der Waals surface area contributed by atoms with Crippen LogP contribution in [-0.2, 0) is 11.3 Å². The monoisotopic (exact) mass is 294 g/mol. The van der Waals surface area contributed by atoms with Crippen LogP contribution >= 0.6 is 11.6 Å². The fourth-order valence-electron chi connectivity index (χ4n) is 2.84. The summed E-state index contributed by atoms with van der Waals surface area (Å²) < 4.78 is 0. The van der Waals surface area contributed by atoms with Crippen molar-refractivity contribution in [1.29, 1.82) is 0 Å². The third-order valence-corrected chi connectivity index (χ3v) is 4.51. The van der Waals surface area contributed by atoms with Crippen LogP contribution in [0.25, 0.3) is 0 Å². The zero-order chi connectivity index (χ0) is 14.6. The Morgan fingerprint density at radius 3 is 2.60 bits per heavy atom. The van der Waals surface area contributed by atoms with Crippen LogP contribution < -0.4 is 5.73 Å². The first kappa shape index (κ1) is 15.3. The summed E-state index contributed by atoms with van der Waals surface area (Å²) in [5.74, 6) is 0.106. The first-order valence-corrected chi connectivity index (χ1v) is 7.64. The molecular weight excluding hydrogens is 272 g/mol. The van der Waals surface area contributed by atoms with E-state index in [2.05, 4.69) is 0 Å². The molecule has 2 N–H and O–H groups in total. The lowest BCUT2D eigenvalue weighted by molar-refractivity contribution is -0.132. The first-order chi connectivity index (χ1) is 9.50. The second-order valence-corrected chi connectivity index (χ2v) is 6.35. The number of nitrogens with two attached hydrogens (primary N) is 1. The minimum atomic E-state index is -0.302. The van der Waals surface area contributed by atoms with E-state index in [0.29, 0.717) is 18.0 Å². The molecule has 0 spiro atoms. The largest absolute Gasteiger partial charge is 0.341 e. The van der Waals surface area contributed by atoms with Crippen molar-refractivity contribution in [2.75, 3.05) is 7.05 Å². The molecule has 0 unspecified atom stereocenters. The summed E-state index contributed by atoms with van der Waals surface area (Å²) in [7, 11) is 1.82. The number of hydrogen-bond donors (Lipinski definition) is 1. The van der Waals surface area contributed by atoms with Gasteiger partial charge in [0.15, 0.2) is 0 Å². The molecule has 110 valence electrons. The van der Waals surface area contributed by atoms with Gasteiger partial charge in [0.1, 0.15) is 0 Å². The Morgan fingerprint density at radius 2 is 1.95 bits per heavy atom. The highest BCUT2D eigenvalue weighted by Crippen LogP contribution is 2.29. The van der Waals surface area contributed by atoms with E-state index in [1.165, 1.54) is 6.42 Å². The maximum atomic E-state index is 12.3. The van der Waals surface area contributed by atoms with E-state index in [1.54, 1.807) is 4.90 Å². The topological polar surface area (TPSA) is 46.3 Å². The van der Waals surface area contributed by atoms with E-state index in [-0.39, 0.29) is 11.4 Å². The van der Waals surface area contributed by atoms with Gasteiger partial charge in [-0.2, -0.15) is 0 Å². The van der Waals surface area contributed by atoms with Crippen molar-refractivity contribution in [3.63, 3.8) is 0 Å². The van der Waals surface area contributed by atoms with Gasteiger partial charge in [0.05, 0.1) is 0 Å². The molecule has 1 aromatic rings. The number of carbonyl (C=O) groups is 1. The standard InChI is InChI=1S/C16H23ClN2O/c1-19(12-13-7-3-4-8-14(13)17)15(20)11-16(18)9-5-2-6-10-16/h3-4,7-8H,2,5-6,9-12,18H2,1H3. The molecule has 0 aliphatic heterocycles. The van der Waals surface area contributed by atoms with E-state index >= 15 is 0 Å². The number of benzene rings is 1. The molecule has 3 nitrogen and oxygen atoms in total. The Bertz CT molecular complexity index is 469. The summed E-state index contributed by atoms with van der Waals surface area (Å²) in [6, 6.07) is 7.63. The molecule has 0 atom stereocenters. The summed E-state index contributed by atoms with van der Waals surface area (Å²) in [6.07, 6.45) is 5.86. The normalized spacial score (nSPS) is 17.8. The first-order valence-electron chi connectivity index (χ1n) is 7.26. The van der Waals surface area contributed by atoms with Gasteiger partial charge >= 0.3 is 0 Å². The molecule has 0 bridgehead atoms. The van der Waals surface area contributed by atoms with E-state index in [0.717, 1.165) is 31.2 Å². The van der Waals surface area contributed by atoms with Gasteiger partial charge in [0.2, 0.25) is 5.91 Å². The van der Waals surface area contributed by atoms with E-state index in [9.17, 15) is 4.79 Å². The molecule has 1 fully saturated rings. The van der Waals surface area contributed by atoms with E-state index in [4.69, 9.17) is 17.3 Å². The lowest BCUT2D eigenvalue weighted by Crippen LogP contribution is -2.46. The molecule has 0 radical (unpaired) electrons. The maximum absolute atomic E-state index is 12.3. The summed E-state index contributed by atoms with van der Waals surface area (Å²) >= 11 is 6.13. The van der Waals surface area contributed by atoms with E-state index < -0.39 is 0 Å². The Balaban J connectivity index is 1.93. The average molecular weight is 295 g/mol. The Kier molecular flexibility index (Phi) is 5.06. The highest BCUT2D eigenvalue weighted by Gasteiger charge is 2.31. The molecule has 1 aliphatic rings. The third-order valence-electron chi connectivity index (χ3n) is 4.14. The molecule has 20 heavy (non-hydrogen) atoms. The summed E-state index contributed by atoms with van der Waals surface area (Å²) in [6.45, 7) is 0.536. The van der Waals surface area contributed by atoms with Crippen molar-refractivity contribution in [2.45, 2.75) is 50.6 Å². The van der Waals surface area contributed by atoms with Crippen molar-refractivity contribution < 1.29 is 4.79 Å². The smallest absolute Gasteiger partial charge is 0.224 e. The molecule has 1 aromatic carbocycles. The minimum Gasteiger partial charge on any atom is -0.341 e. The van der Waals surface area contributed by atoms with Crippen LogP contribution in [0.1, 0.15) is 44.1 Å². The van der Waals surface area contributed by atoms with Crippen LogP contribution in [-0.4, -0.2) is 23.4 Å². The molecule has 0 heterocycles. The fraction of sp³-hybridized carbons (Fsp3) is 0.562. The minimum absolute atomic E-state index is 0.106. The predicted octanol–water partition coefficient (Wildman–Crippen LogP) is 3.35. The van der Waals surface area contributed by atoms with Crippen LogP contribution in [0.4, 0.5) is 0 Å². The molecule has 1 amide bonds. The van der Waals surface area contributed by atoms with Gasteiger partial charge in [-0.15, -0.1) is 0 Å². The summed E-state index contributed by atoms with van der Waals surface area (Å²) in [5.41, 5.74) is 7.02. The zero-order valence-electron chi connectivity index (χ0n) is 12.1. The van der Waals surface area contributed by atoms with Gasteiger partial charge in [-0.25, -0.2) is 0 Å². The van der Waals surface area contributed by atoms with Crippen molar-refractivity contribution in [2.24, 2.45) is 5.73 Å². The maximum Gasteiger partial charge on any atom is 0.224 e. The fourth-order valence-corrected chi connectivity index (χ4v) is 3.03. The molecule has 4 heteroatoms. The molecule has 0 saturated heterocycles. The van der Waals surface area contributed by atoms with E-state index in [1.807, 2.05) is 31.3 Å². The Labute approximate surface area is 126 Å². The summed E-state index contributed by atoms with van der Waals surface area (Å²) in [5, 5.41) is 0.701. The second kappa shape index (κ2) is 6.59. The second-order valence-electron chi connectivity index (χ2n) is 5.94. The van der Waals surface area contributed by atoms with Gasteiger partial charge < -0.3 is 10.6 Å². The highest BCUT2D eigenvalue weighted by molar-refractivity contribution is 6.31. The van der Waals surface area contributed by atoms with Crippen LogP contribution in [0.2, 0.25) is 5.02 Å². The van der Waals surface area contributed by atoms with Gasteiger partial charge in [-0.3, -0.25) is 4.79 Å². The van der Waals surface area contributed by atoms with Crippen molar-refractivity contribution in [1.82, 2.24) is 4.90 Å². The number of halogens is 1. The number of hydrogen-bond acceptors (Lipinski definition) is 2. The lowest BCUT2D eigenvalue weighted by Gasteiger charge is -2.34. The van der Waals surface area contributed by atoms with Crippen molar-refractivity contribution in [3.05, 3.63) is 34.9 Å². The molecule has 0 aromatic heterocycles. The van der Waals surface area contributed by atoms with Crippen LogP contribution in [0.3, 0.4) is 0 Å². The quantitative estimate of drug-likeness (QED) is 0.925. The number of carbonyl (C=O) groups excluding carboxylic acids is 1. The highest BCUT2D eigenvalue weighted by atomic mass is 35.5. The van der Waals surface area contributed by atoms with Gasteiger partial charge in [-0.1, -0.05) is 49.1 Å². The molecule has 1 aliphatic carbocycles. The third kappa shape index (κ3) is 3.97. The van der Waals surface area contributed by atoms with Gasteiger partial charge in [0.25, 0.3) is 0 Å². The number of amides is 1. The zero-order valence-corrected chi connectivity index (χ0v) is 12.8. The molecule has 1 saturated carbocycles. The Morgan fingerprint density at radius 1 is 1.30 bits per heavy atom. The van der Waals surface area contributed by atoms with Gasteiger partial charge in [0, 0.05) is 30.6 Å². The number of rotatable bonds is 4. The summed E-state index contributed by atoms with van der Waals surface area (Å²) in [4.78, 5) is 14.1. The lowest BCUT2D eigenvalue weighted by atomic mass is 9.80. The van der Waals surface area contributed by atoms with Gasteiger partial charge in [-0.05, 0) is 24.5 Å². The number of nitrogens with zero attached hydrogens (tertiary/aromatic N) is 1.